The summed E-state index contributed by atoms with van der Waals surface area (Å²) in [6.07, 6.45) is 1.34. The highest BCUT2D eigenvalue weighted by molar-refractivity contribution is 7.89. The first kappa shape index (κ1) is 22.4. The van der Waals surface area contributed by atoms with Crippen LogP contribution in [-0.4, -0.2) is 18.2 Å². The fourth-order valence-corrected chi connectivity index (χ4v) is 3.89. The van der Waals surface area contributed by atoms with Gasteiger partial charge >= 0.3 is 0 Å². The van der Waals surface area contributed by atoms with Crippen molar-refractivity contribution >= 4 is 10.0 Å². The van der Waals surface area contributed by atoms with E-state index in [1.165, 1.54) is 61.7 Å². The molecule has 33 heavy (non-hydrogen) atoms. The molecule has 0 spiro atoms. The molecule has 0 unspecified atom stereocenters. The molecule has 2 N–H and O–H groups in total. The Bertz CT molecular complexity index is 1550. The van der Waals surface area contributed by atoms with Gasteiger partial charge in [0.1, 0.15) is 5.82 Å². The summed E-state index contributed by atoms with van der Waals surface area (Å²) in [5.74, 6) is -2.69. The molecule has 168 valence electrons. The average Bonchev–Trinajstić information content (AvgIpc) is 2.77. The van der Waals surface area contributed by atoms with Crippen molar-refractivity contribution in [1.29, 1.82) is 0 Å². The first-order valence-electron chi connectivity index (χ1n) is 9.54. The maximum Gasteiger partial charge on any atom is 0.280 e. The topological polar surface area (TPSA) is 95.1 Å². The van der Waals surface area contributed by atoms with Gasteiger partial charge in [0.2, 0.25) is 10.0 Å². The summed E-state index contributed by atoms with van der Waals surface area (Å²) in [6, 6.07) is 12.5. The van der Waals surface area contributed by atoms with Gasteiger partial charge in [0.05, 0.1) is 22.3 Å². The minimum Gasteiger partial charge on any atom is -0.267 e. The molecule has 0 saturated heterocycles. The maximum atomic E-state index is 13.9. The van der Waals surface area contributed by atoms with E-state index in [0.29, 0.717) is 22.3 Å². The smallest absolute Gasteiger partial charge is 0.267 e. The van der Waals surface area contributed by atoms with Gasteiger partial charge in [-0.05, 0) is 60.0 Å². The molecule has 6 nitrogen and oxygen atoms in total. The Morgan fingerprint density at radius 3 is 2.09 bits per heavy atom. The van der Waals surface area contributed by atoms with Gasteiger partial charge in [0, 0.05) is 11.6 Å². The van der Waals surface area contributed by atoms with Crippen molar-refractivity contribution in [2.45, 2.75) is 11.8 Å². The van der Waals surface area contributed by atoms with Crippen molar-refractivity contribution in [1.82, 2.24) is 9.78 Å². The third-order valence-electron chi connectivity index (χ3n) is 5.07. The second kappa shape index (κ2) is 8.30. The zero-order valence-electron chi connectivity index (χ0n) is 17.1. The molecule has 10 heteroatoms. The van der Waals surface area contributed by atoms with E-state index in [2.05, 4.69) is 5.10 Å². The van der Waals surface area contributed by atoms with Crippen molar-refractivity contribution in [2.75, 3.05) is 0 Å². The fraction of sp³-hybridized carbons (Fsp3) is 0.0435. The number of hydrogen-bond donors (Lipinski definition) is 1. The van der Waals surface area contributed by atoms with Gasteiger partial charge in [0.15, 0.2) is 11.6 Å². The van der Waals surface area contributed by atoms with Crippen molar-refractivity contribution in [2.24, 2.45) is 5.14 Å². The number of aromatic nitrogens is 2. The van der Waals surface area contributed by atoms with Crippen LogP contribution in [0, 0.1) is 24.4 Å². The monoisotopic (exact) mass is 471 g/mol. The van der Waals surface area contributed by atoms with E-state index in [4.69, 9.17) is 5.14 Å². The first-order valence-corrected chi connectivity index (χ1v) is 11.1. The van der Waals surface area contributed by atoms with E-state index in [1.807, 2.05) is 0 Å². The van der Waals surface area contributed by atoms with Crippen molar-refractivity contribution in [3.8, 4) is 27.9 Å². The fourth-order valence-electron chi connectivity index (χ4n) is 3.38. The van der Waals surface area contributed by atoms with Crippen LogP contribution in [0.3, 0.4) is 0 Å². The molecule has 0 atom stereocenters. The molecular weight excluding hydrogens is 455 g/mol. The Morgan fingerprint density at radius 2 is 1.48 bits per heavy atom. The molecular formula is C23H16F3N3O3S. The number of rotatable bonds is 4. The van der Waals surface area contributed by atoms with Crippen molar-refractivity contribution in [3.63, 3.8) is 0 Å². The van der Waals surface area contributed by atoms with E-state index in [9.17, 15) is 26.4 Å². The molecule has 1 aromatic heterocycles. The Hall–Kier alpha value is -3.76. The normalized spacial score (nSPS) is 11.5. The van der Waals surface area contributed by atoms with Crippen LogP contribution in [0.25, 0.3) is 27.9 Å². The van der Waals surface area contributed by atoms with Crippen molar-refractivity contribution in [3.05, 3.63) is 100 Å². The molecule has 0 aliphatic carbocycles. The van der Waals surface area contributed by atoms with Gasteiger partial charge in [-0.2, -0.15) is 9.78 Å². The number of aryl methyl sites for hydroxylation is 1. The molecule has 0 saturated carbocycles. The maximum absolute atomic E-state index is 13.9. The Labute approximate surface area is 186 Å². The van der Waals surface area contributed by atoms with Gasteiger partial charge < -0.3 is 0 Å². The summed E-state index contributed by atoms with van der Waals surface area (Å²) < 4.78 is 65.1. The third kappa shape index (κ3) is 4.30. The summed E-state index contributed by atoms with van der Waals surface area (Å²) in [5, 5.41) is 9.23. The molecule has 1 heterocycles. The lowest BCUT2D eigenvalue weighted by molar-refractivity contribution is 0.507. The van der Waals surface area contributed by atoms with Crippen LogP contribution in [0.1, 0.15) is 5.56 Å². The number of nitrogens with zero attached hydrogens (tertiary/aromatic N) is 2. The van der Waals surface area contributed by atoms with Gasteiger partial charge in [-0.1, -0.05) is 18.2 Å². The summed E-state index contributed by atoms with van der Waals surface area (Å²) in [4.78, 5) is 13.3. The predicted molar refractivity (Wildman–Crippen MR) is 117 cm³/mol. The lowest BCUT2D eigenvalue weighted by Gasteiger charge is -2.14. The Balaban J connectivity index is 1.98. The van der Waals surface area contributed by atoms with E-state index in [-0.39, 0.29) is 16.1 Å². The molecule has 0 amide bonds. The second-order valence-electron chi connectivity index (χ2n) is 7.28. The summed E-state index contributed by atoms with van der Waals surface area (Å²) in [6.45, 7) is 1.54. The number of hydrogen-bond acceptors (Lipinski definition) is 4. The van der Waals surface area contributed by atoms with E-state index in [1.54, 1.807) is 0 Å². The third-order valence-corrected chi connectivity index (χ3v) is 6.00. The molecule has 0 aliphatic heterocycles. The van der Waals surface area contributed by atoms with Gasteiger partial charge in [-0.25, -0.2) is 26.7 Å². The van der Waals surface area contributed by atoms with Gasteiger partial charge in [-0.3, -0.25) is 4.79 Å². The van der Waals surface area contributed by atoms with E-state index in [0.717, 1.165) is 16.8 Å². The highest BCUT2D eigenvalue weighted by Gasteiger charge is 2.18. The zero-order chi connectivity index (χ0) is 23.9. The number of nitrogens with two attached hydrogens (primary N) is 1. The SMILES string of the molecule is Cc1cc(-c2c(-c3ccc(S(N)(=O)=O)cc3)cnn(-c3ccc(F)c(F)c3)c2=O)ccc1F. The molecule has 4 aromatic rings. The highest BCUT2D eigenvalue weighted by Crippen LogP contribution is 2.31. The van der Waals surface area contributed by atoms with Crippen molar-refractivity contribution < 1.29 is 21.6 Å². The van der Waals surface area contributed by atoms with Crippen LogP contribution >= 0.6 is 0 Å². The Kier molecular flexibility index (Phi) is 5.64. The average molecular weight is 471 g/mol. The summed E-state index contributed by atoms with van der Waals surface area (Å²) in [5.41, 5.74) is 0.866. The highest BCUT2D eigenvalue weighted by atomic mass is 32.2. The number of primary sulfonamides is 1. The lowest BCUT2D eigenvalue weighted by atomic mass is 9.96. The molecule has 4 rings (SSSR count). The first-order chi connectivity index (χ1) is 15.6. The quantitative estimate of drug-likeness (QED) is 0.488. The zero-order valence-corrected chi connectivity index (χ0v) is 17.9. The van der Waals surface area contributed by atoms with Crippen LogP contribution in [0.2, 0.25) is 0 Å². The minimum atomic E-state index is -3.92. The van der Waals surface area contributed by atoms with E-state index >= 15 is 0 Å². The molecule has 3 aromatic carbocycles. The van der Waals surface area contributed by atoms with Gasteiger partial charge in [-0.15, -0.1) is 0 Å². The minimum absolute atomic E-state index is 0.00453. The number of sulfonamides is 1. The standard InChI is InChI=1S/C23H16F3N3O3S/c1-13-10-15(4-8-19(13)24)22-18(14-2-6-17(7-3-14)33(27,31)32)12-28-29(23(22)30)16-5-9-20(25)21(26)11-16/h2-12H,1H3,(H2,27,31,32). The van der Waals surface area contributed by atoms with Gasteiger partial charge in [0.25, 0.3) is 5.56 Å². The largest absolute Gasteiger partial charge is 0.280 e. The molecule has 0 fully saturated rings. The van der Waals surface area contributed by atoms with Crippen LogP contribution in [0.15, 0.2) is 76.6 Å². The summed E-state index contributed by atoms with van der Waals surface area (Å²) in [7, 11) is -3.92. The van der Waals surface area contributed by atoms with Crippen LogP contribution in [0.4, 0.5) is 13.2 Å². The summed E-state index contributed by atoms with van der Waals surface area (Å²) >= 11 is 0. The second-order valence-corrected chi connectivity index (χ2v) is 8.84. The number of benzene rings is 3. The van der Waals surface area contributed by atoms with Crippen LogP contribution in [-0.2, 0) is 10.0 Å². The van der Waals surface area contributed by atoms with Crippen LogP contribution in [0.5, 0.6) is 0 Å². The number of halogens is 3. The molecule has 0 radical (unpaired) electrons. The lowest BCUT2D eigenvalue weighted by Crippen LogP contribution is -2.23. The van der Waals surface area contributed by atoms with Crippen LogP contribution < -0.4 is 10.7 Å². The molecule has 0 aliphatic rings. The van der Waals surface area contributed by atoms with E-state index < -0.39 is 33.0 Å². The molecule has 0 bridgehead atoms. The predicted octanol–water partition coefficient (Wildman–Crippen LogP) is 3.94. The Morgan fingerprint density at radius 1 is 0.848 bits per heavy atom.